The number of amides is 1. The van der Waals surface area contributed by atoms with Crippen LogP contribution in [-0.4, -0.2) is 21.5 Å². The molecular weight excluding hydrogens is 465 g/mol. The van der Waals surface area contributed by atoms with E-state index in [1.807, 2.05) is 25.3 Å². The monoisotopic (exact) mass is 493 g/mol. The fourth-order valence-corrected chi connectivity index (χ4v) is 4.55. The van der Waals surface area contributed by atoms with Crippen molar-refractivity contribution in [3.8, 4) is 17.1 Å². The number of aromatic nitrogens is 2. The first kappa shape index (κ1) is 24.6. The molecule has 0 spiro atoms. The normalized spacial score (nSPS) is 12.1. The van der Waals surface area contributed by atoms with E-state index in [0.29, 0.717) is 28.0 Å². The first-order chi connectivity index (χ1) is 15.3. The number of halogens is 2. The fourth-order valence-electron chi connectivity index (χ4n) is 3.35. The topological polar surface area (TPSA) is 56.2 Å². The molecule has 1 atom stereocenters. The summed E-state index contributed by atoms with van der Waals surface area (Å²) >= 11 is 13.6. The largest absolute Gasteiger partial charge is 0.486 e. The molecule has 8 heteroatoms. The predicted octanol–water partition coefficient (Wildman–Crippen LogP) is 7.13. The summed E-state index contributed by atoms with van der Waals surface area (Å²) < 4.78 is 8.03. The standard InChI is InChI=1S/C24H29Cl2N3O2S/c1-5-7-8-29-16(4)20(24(30)27-15(3)6-2)12-22(29)21-14-32-23(28-21)13-31-19-10-17(25)9-18(26)11-19/h9-12,14-15H,5-8,13H2,1-4H3,(H,27,30). The molecule has 0 bridgehead atoms. The molecule has 3 rings (SSSR count). The molecule has 1 aromatic carbocycles. The molecule has 2 aromatic heterocycles. The van der Waals surface area contributed by atoms with Gasteiger partial charge in [-0.05, 0) is 51.0 Å². The Kier molecular flexibility index (Phi) is 8.63. The molecule has 0 saturated carbocycles. The summed E-state index contributed by atoms with van der Waals surface area (Å²) in [5.74, 6) is 0.565. The van der Waals surface area contributed by atoms with Crippen molar-refractivity contribution in [1.82, 2.24) is 14.9 Å². The highest BCUT2D eigenvalue weighted by Crippen LogP contribution is 2.29. The number of unbranched alkanes of at least 4 members (excludes halogenated alkanes) is 1. The number of nitrogens with zero attached hydrogens (tertiary/aromatic N) is 2. The quantitative estimate of drug-likeness (QED) is 0.326. The molecule has 0 aliphatic rings. The molecule has 0 aliphatic carbocycles. The highest BCUT2D eigenvalue weighted by molar-refractivity contribution is 7.09. The molecular formula is C24H29Cl2N3O2S. The van der Waals surface area contributed by atoms with Gasteiger partial charge in [-0.2, -0.15) is 0 Å². The van der Waals surface area contributed by atoms with Crippen LogP contribution in [0.1, 0.15) is 61.1 Å². The van der Waals surface area contributed by atoms with Crippen molar-refractivity contribution in [2.75, 3.05) is 0 Å². The zero-order chi connectivity index (χ0) is 23.3. The van der Waals surface area contributed by atoms with E-state index in [2.05, 4.69) is 23.7 Å². The molecule has 1 N–H and O–H groups in total. The van der Waals surface area contributed by atoms with Gasteiger partial charge in [-0.3, -0.25) is 4.79 Å². The van der Waals surface area contributed by atoms with Gasteiger partial charge in [-0.1, -0.05) is 43.5 Å². The molecule has 2 heterocycles. The number of hydrogen-bond acceptors (Lipinski definition) is 4. The van der Waals surface area contributed by atoms with E-state index in [-0.39, 0.29) is 11.9 Å². The summed E-state index contributed by atoms with van der Waals surface area (Å²) in [5, 5.41) is 6.98. The van der Waals surface area contributed by atoms with E-state index < -0.39 is 0 Å². The van der Waals surface area contributed by atoms with Crippen LogP contribution < -0.4 is 10.1 Å². The van der Waals surface area contributed by atoms with Gasteiger partial charge in [0, 0.05) is 33.7 Å². The lowest BCUT2D eigenvalue weighted by Crippen LogP contribution is -2.32. The Morgan fingerprint density at radius 2 is 1.94 bits per heavy atom. The summed E-state index contributed by atoms with van der Waals surface area (Å²) in [4.78, 5) is 17.6. The lowest BCUT2D eigenvalue weighted by molar-refractivity contribution is 0.0938. The number of nitrogens with one attached hydrogen (secondary N) is 1. The third-order valence-electron chi connectivity index (χ3n) is 5.35. The van der Waals surface area contributed by atoms with Crippen LogP contribution in [0.15, 0.2) is 29.6 Å². The number of hydrogen-bond donors (Lipinski definition) is 1. The number of thiazole rings is 1. The predicted molar refractivity (Wildman–Crippen MR) is 133 cm³/mol. The summed E-state index contributed by atoms with van der Waals surface area (Å²) in [6, 6.07) is 7.21. The molecule has 32 heavy (non-hydrogen) atoms. The van der Waals surface area contributed by atoms with Gasteiger partial charge < -0.3 is 14.6 Å². The van der Waals surface area contributed by atoms with Crippen LogP contribution in [0.3, 0.4) is 0 Å². The number of carbonyl (C=O) groups is 1. The summed E-state index contributed by atoms with van der Waals surface area (Å²) in [7, 11) is 0. The zero-order valence-electron chi connectivity index (χ0n) is 18.9. The maximum Gasteiger partial charge on any atom is 0.253 e. The Morgan fingerprint density at radius 1 is 1.22 bits per heavy atom. The Bertz CT molecular complexity index is 1060. The number of carbonyl (C=O) groups excluding carboxylic acids is 1. The lowest BCUT2D eigenvalue weighted by atomic mass is 10.2. The van der Waals surface area contributed by atoms with Crippen molar-refractivity contribution >= 4 is 40.4 Å². The number of rotatable bonds is 10. The highest BCUT2D eigenvalue weighted by atomic mass is 35.5. The molecule has 1 unspecified atom stereocenters. The van der Waals surface area contributed by atoms with Crippen molar-refractivity contribution in [3.05, 3.63) is 56.0 Å². The minimum Gasteiger partial charge on any atom is -0.486 e. The second kappa shape index (κ2) is 11.2. The third kappa shape index (κ3) is 6.06. The van der Waals surface area contributed by atoms with Gasteiger partial charge in [0.25, 0.3) is 5.91 Å². The minimum absolute atomic E-state index is 0.0371. The Balaban J connectivity index is 1.83. The molecule has 172 valence electrons. The van der Waals surface area contributed by atoms with Gasteiger partial charge in [-0.25, -0.2) is 4.98 Å². The molecule has 0 aliphatic heterocycles. The van der Waals surface area contributed by atoms with Crippen LogP contribution in [-0.2, 0) is 13.2 Å². The average Bonchev–Trinajstić information content (AvgIpc) is 3.34. The van der Waals surface area contributed by atoms with Crippen LogP contribution in [0.5, 0.6) is 5.75 Å². The molecule has 5 nitrogen and oxygen atoms in total. The number of ether oxygens (including phenoxy) is 1. The van der Waals surface area contributed by atoms with Gasteiger partial charge in [-0.15, -0.1) is 11.3 Å². The molecule has 1 amide bonds. The summed E-state index contributed by atoms with van der Waals surface area (Å²) in [6.45, 7) is 9.41. The lowest BCUT2D eigenvalue weighted by Gasteiger charge is -2.12. The van der Waals surface area contributed by atoms with Crippen LogP contribution in [0.4, 0.5) is 0 Å². The number of benzene rings is 1. The van der Waals surface area contributed by atoms with Gasteiger partial charge in [0.15, 0.2) is 0 Å². The van der Waals surface area contributed by atoms with Crippen LogP contribution in [0.25, 0.3) is 11.4 Å². The summed E-state index contributed by atoms with van der Waals surface area (Å²) in [5.41, 5.74) is 3.47. The third-order valence-corrected chi connectivity index (χ3v) is 6.61. The molecule has 0 fully saturated rings. The minimum atomic E-state index is -0.0371. The van der Waals surface area contributed by atoms with Gasteiger partial charge in [0.1, 0.15) is 17.4 Å². The second-order valence-corrected chi connectivity index (χ2v) is 9.65. The SMILES string of the molecule is CCCCn1c(-c2csc(COc3cc(Cl)cc(Cl)c3)n2)cc(C(=O)NC(C)CC)c1C. The second-order valence-electron chi connectivity index (χ2n) is 7.84. The molecule has 0 saturated heterocycles. The maximum atomic E-state index is 12.8. The van der Waals surface area contributed by atoms with Gasteiger partial charge in [0.05, 0.1) is 17.0 Å². The fraction of sp³-hybridized carbons (Fsp3) is 0.417. The van der Waals surface area contributed by atoms with E-state index in [9.17, 15) is 4.79 Å². The van der Waals surface area contributed by atoms with E-state index in [0.717, 1.165) is 47.9 Å². The van der Waals surface area contributed by atoms with Crippen LogP contribution in [0.2, 0.25) is 10.0 Å². The average molecular weight is 494 g/mol. The summed E-state index contributed by atoms with van der Waals surface area (Å²) in [6.07, 6.45) is 3.00. The zero-order valence-corrected chi connectivity index (χ0v) is 21.2. The van der Waals surface area contributed by atoms with E-state index >= 15 is 0 Å². The van der Waals surface area contributed by atoms with Crippen LogP contribution >= 0.6 is 34.5 Å². The maximum absolute atomic E-state index is 12.8. The molecule has 3 aromatic rings. The van der Waals surface area contributed by atoms with Crippen molar-refractivity contribution in [1.29, 1.82) is 0 Å². The van der Waals surface area contributed by atoms with Gasteiger partial charge >= 0.3 is 0 Å². The smallest absolute Gasteiger partial charge is 0.253 e. The highest BCUT2D eigenvalue weighted by Gasteiger charge is 2.20. The first-order valence-corrected chi connectivity index (χ1v) is 12.5. The van der Waals surface area contributed by atoms with Crippen molar-refractivity contribution in [3.63, 3.8) is 0 Å². The Morgan fingerprint density at radius 3 is 2.59 bits per heavy atom. The Labute approximate surface area is 203 Å². The van der Waals surface area contributed by atoms with E-state index in [1.54, 1.807) is 18.2 Å². The first-order valence-electron chi connectivity index (χ1n) is 10.9. The van der Waals surface area contributed by atoms with Crippen molar-refractivity contribution in [2.45, 2.75) is 66.2 Å². The van der Waals surface area contributed by atoms with Gasteiger partial charge in [0.2, 0.25) is 0 Å². The van der Waals surface area contributed by atoms with Crippen molar-refractivity contribution < 1.29 is 9.53 Å². The Hall–Kier alpha value is -2.02. The van der Waals surface area contributed by atoms with E-state index in [1.165, 1.54) is 11.3 Å². The molecule has 0 radical (unpaired) electrons. The van der Waals surface area contributed by atoms with Crippen molar-refractivity contribution in [2.24, 2.45) is 0 Å². The van der Waals surface area contributed by atoms with Crippen LogP contribution in [0, 0.1) is 6.92 Å². The van der Waals surface area contributed by atoms with E-state index in [4.69, 9.17) is 32.9 Å².